The molecule has 0 bridgehead atoms. The smallest absolute Gasteiger partial charge is 0.0402 e. The minimum absolute atomic E-state index is 1.09. The predicted molar refractivity (Wildman–Crippen MR) is 94.4 cm³/mol. The predicted octanol–water partition coefficient (Wildman–Crippen LogP) is 6.67. The maximum atomic E-state index is 3.74. The molecule has 20 heavy (non-hydrogen) atoms. The van der Waals surface area contributed by atoms with Crippen LogP contribution >= 0.6 is 31.9 Å². The zero-order valence-corrected chi connectivity index (χ0v) is 13.7. The lowest BCUT2D eigenvalue weighted by atomic mass is 9.94. The summed E-state index contributed by atoms with van der Waals surface area (Å²) in [6.07, 6.45) is 0. The molecule has 0 saturated heterocycles. The van der Waals surface area contributed by atoms with Crippen LogP contribution in [0.4, 0.5) is 0 Å². The van der Waals surface area contributed by atoms with Crippen molar-refractivity contribution in [2.24, 2.45) is 0 Å². The monoisotopic (exact) mass is 384 g/mol. The molecule has 0 aliphatic rings. The molecule has 0 spiro atoms. The lowest BCUT2D eigenvalue weighted by Gasteiger charge is -2.12. The maximum absolute atomic E-state index is 3.74. The highest BCUT2D eigenvalue weighted by Gasteiger charge is 2.11. The first-order chi connectivity index (χ1) is 9.77. The van der Waals surface area contributed by atoms with Crippen LogP contribution in [0, 0.1) is 0 Å². The number of hydrogen-bond acceptors (Lipinski definition) is 0. The van der Waals surface area contributed by atoms with Gasteiger partial charge in [-0.25, -0.2) is 0 Å². The summed E-state index contributed by atoms with van der Waals surface area (Å²) in [4.78, 5) is 0. The van der Waals surface area contributed by atoms with Gasteiger partial charge in [0.25, 0.3) is 0 Å². The van der Waals surface area contributed by atoms with E-state index in [-0.39, 0.29) is 0 Å². The maximum Gasteiger partial charge on any atom is 0.0402 e. The van der Waals surface area contributed by atoms with E-state index in [4.69, 9.17) is 0 Å². The lowest BCUT2D eigenvalue weighted by molar-refractivity contribution is 1.68. The van der Waals surface area contributed by atoms with E-state index >= 15 is 0 Å². The largest absolute Gasteiger partial charge is 0.0616 e. The van der Waals surface area contributed by atoms with Crippen LogP contribution in [0.2, 0.25) is 0 Å². The summed E-state index contributed by atoms with van der Waals surface area (Å²) in [5.41, 5.74) is 0. The molecule has 0 radical (unpaired) electrons. The van der Waals surface area contributed by atoms with E-state index < -0.39 is 0 Å². The van der Waals surface area contributed by atoms with Crippen LogP contribution in [0.3, 0.4) is 0 Å². The van der Waals surface area contributed by atoms with Gasteiger partial charge in [-0.1, -0.05) is 54.6 Å². The molecule has 0 saturated carbocycles. The van der Waals surface area contributed by atoms with Crippen molar-refractivity contribution in [1.82, 2.24) is 0 Å². The Balaban J connectivity index is 2.46. The van der Waals surface area contributed by atoms with Crippen molar-refractivity contribution < 1.29 is 0 Å². The lowest BCUT2D eigenvalue weighted by Crippen LogP contribution is -1.84. The first-order valence-electron chi connectivity index (χ1n) is 6.44. The molecule has 0 amide bonds. The van der Waals surface area contributed by atoms with Crippen molar-refractivity contribution in [2.75, 3.05) is 0 Å². The SMILES string of the molecule is Brc1ccc2c3ccccc3c3ccccc3c2c1Br. The molecular weight excluding hydrogens is 376 g/mol. The van der Waals surface area contributed by atoms with E-state index in [2.05, 4.69) is 92.5 Å². The summed E-state index contributed by atoms with van der Waals surface area (Å²) < 4.78 is 2.21. The molecule has 0 fully saturated rings. The molecule has 2 heteroatoms. The Morgan fingerprint density at radius 3 is 1.55 bits per heavy atom. The molecule has 0 atom stereocenters. The van der Waals surface area contributed by atoms with Gasteiger partial charge in [-0.3, -0.25) is 0 Å². The Labute approximate surface area is 133 Å². The third kappa shape index (κ3) is 1.65. The third-order valence-corrected chi connectivity index (χ3v) is 5.82. The van der Waals surface area contributed by atoms with Gasteiger partial charge in [0.15, 0.2) is 0 Å². The molecule has 0 nitrogen and oxygen atoms in total. The van der Waals surface area contributed by atoms with Gasteiger partial charge in [-0.15, -0.1) is 0 Å². The fraction of sp³-hybridized carbons (Fsp3) is 0. The Bertz CT molecular complexity index is 936. The summed E-state index contributed by atoms with van der Waals surface area (Å²) in [5.74, 6) is 0. The van der Waals surface area contributed by atoms with Crippen molar-refractivity contribution in [2.45, 2.75) is 0 Å². The first kappa shape index (κ1) is 12.4. The minimum Gasteiger partial charge on any atom is -0.0616 e. The number of benzene rings is 4. The molecule has 0 N–H and O–H groups in total. The van der Waals surface area contributed by atoms with Crippen molar-refractivity contribution in [3.63, 3.8) is 0 Å². The Morgan fingerprint density at radius 1 is 0.500 bits per heavy atom. The van der Waals surface area contributed by atoms with E-state index in [1.54, 1.807) is 0 Å². The molecule has 0 aliphatic carbocycles. The van der Waals surface area contributed by atoms with E-state index in [0.29, 0.717) is 0 Å². The van der Waals surface area contributed by atoms with Gasteiger partial charge in [0, 0.05) is 14.3 Å². The van der Waals surface area contributed by atoms with Gasteiger partial charge in [-0.05, 0) is 64.9 Å². The average Bonchev–Trinajstić information content (AvgIpc) is 2.50. The fourth-order valence-corrected chi connectivity index (χ4v) is 3.82. The number of halogens is 2. The van der Waals surface area contributed by atoms with Crippen molar-refractivity contribution >= 4 is 64.2 Å². The summed E-state index contributed by atoms with van der Waals surface area (Å²) in [7, 11) is 0. The highest BCUT2D eigenvalue weighted by molar-refractivity contribution is 9.13. The standard InChI is InChI=1S/C18H10Br2/c19-16-10-9-15-13-7-2-1-5-11(13)12-6-3-4-8-14(12)17(15)18(16)20/h1-10H. The fourth-order valence-electron chi connectivity index (χ4n) is 2.93. The molecule has 0 heterocycles. The van der Waals surface area contributed by atoms with Crippen LogP contribution in [-0.4, -0.2) is 0 Å². The van der Waals surface area contributed by atoms with Crippen LogP contribution in [0.15, 0.2) is 69.6 Å². The van der Waals surface area contributed by atoms with Crippen LogP contribution < -0.4 is 0 Å². The van der Waals surface area contributed by atoms with Crippen molar-refractivity contribution in [3.8, 4) is 0 Å². The number of rotatable bonds is 0. The molecule has 4 aromatic carbocycles. The Hall–Kier alpha value is -1.38. The molecule has 4 aromatic rings. The number of fused-ring (bicyclic) bond motifs is 6. The van der Waals surface area contributed by atoms with Crippen LogP contribution in [0.25, 0.3) is 32.3 Å². The highest BCUT2D eigenvalue weighted by atomic mass is 79.9. The van der Waals surface area contributed by atoms with Crippen molar-refractivity contribution in [3.05, 3.63) is 69.6 Å². The quantitative estimate of drug-likeness (QED) is 0.296. The zero-order valence-electron chi connectivity index (χ0n) is 10.5. The van der Waals surface area contributed by atoms with E-state index in [9.17, 15) is 0 Å². The summed E-state index contributed by atoms with van der Waals surface area (Å²) in [6.45, 7) is 0. The van der Waals surface area contributed by atoms with Crippen LogP contribution in [0.5, 0.6) is 0 Å². The summed E-state index contributed by atoms with van der Waals surface area (Å²) in [6, 6.07) is 21.5. The second-order valence-corrected chi connectivity index (χ2v) is 6.52. The Kier molecular flexibility index (Phi) is 2.83. The van der Waals surface area contributed by atoms with Crippen LogP contribution in [-0.2, 0) is 0 Å². The third-order valence-electron chi connectivity index (χ3n) is 3.80. The summed E-state index contributed by atoms with van der Waals surface area (Å²) in [5, 5.41) is 7.76. The highest BCUT2D eigenvalue weighted by Crippen LogP contribution is 2.40. The topological polar surface area (TPSA) is 0 Å². The van der Waals surface area contributed by atoms with Gasteiger partial charge in [0.05, 0.1) is 0 Å². The second-order valence-electron chi connectivity index (χ2n) is 4.88. The molecular formula is C18H10Br2. The average molecular weight is 386 g/mol. The van der Waals surface area contributed by atoms with Gasteiger partial charge < -0.3 is 0 Å². The number of hydrogen-bond donors (Lipinski definition) is 0. The van der Waals surface area contributed by atoms with Crippen molar-refractivity contribution in [1.29, 1.82) is 0 Å². The normalized spacial score (nSPS) is 11.5. The minimum atomic E-state index is 1.09. The van der Waals surface area contributed by atoms with Gasteiger partial charge >= 0.3 is 0 Å². The zero-order chi connectivity index (χ0) is 13.7. The first-order valence-corrected chi connectivity index (χ1v) is 8.03. The van der Waals surface area contributed by atoms with E-state index in [1.165, 1.54) is 32.3 Å². The second kappa shape index (κ2) is 4.57. The van der Waals surface area contributed by atoms with E-state index in [0.717, 1.165) is 8.95 Å². The Morgan fingerprint density at radius 2 is 0.950 bits per heavy atom. The molecule has 4 rings (SSSR count). The van der Waals surface area contributed by atoms with Gasteiger partial charge in [0.1, 0.15) is 0 Å². The molecule has 96 valence electrons. The molecule has 0 unspecified atom stereocenters. The van der Waals surface area contributed by atoms with Gasteiger partial charge in [0.2, 0.25) is 0 Å². The van der Waals surface area contributed by atoms with Crippen LogP contribution in [0.1, 0.15) is 0 Å². The molecule has 0 aliphatic heterocycles. The summed E-state index contributed by atoms with van der Waals surface area (Å²) >= 11 is 7.36. The molecule has 0 aromatic heterocycles. The van der Waals surface area contributed by atoms with E-state index in [1.807, 2.05) is 0 Å². The van der Waals surface area contributed by atoms with Gasteiger partial charge in [-0.2, -0.15) is 0 Å².